The highest BCUT2D eigenvalue weighted by Crippen LogP contribution is 2.08. The maximum absolute atomic E-state index is 3.17. The van der Waals surface area contributed by atoms with Crippen LogP contribution in [0, 0.1) is 18.3 Å². The summed E-state index contributed by atoms with van der Waals surface area (Å²) in [5.41, 5.74) is 0. The molecule has 1 aliphatic rings. The van der Waals surface area contributed by atoms with Gasteiger partial charge in [0, 0.05) is 12.8 Å². The number of hydrogen-bond donors (Lipinski definition) is 0. The third kappa shape index (κ3) is 3.56. The summed E-state index contributed by atoms with van der Waals surface area (Å²) < 4.78 is 0. The number of rotatable bonds is 0. The molecule has 55 valence electrons. The molecule has 1 aliphatic carbocycles. The van der Waals surface area contributed by atoms with Crippen molar-refractivity contribution in [3.8, 4) is 11.8 Å². The van der Waals surface area contributed by atoms with Gasteiger partial charge in [-0.3, -0.25) is 0 Å². The molecule has 0 fully saturated rings. The average Bonchev–Trinajstić information content (AvgIpc) is 2.01. The summed E-state index contributed by atoms with van der Waals surface area (Å²) in [5.74, 6) is 6.32. The van der Waals surface area contributed by atoms with Gasteiger partial charge in [-0.2, -0.15) is 0 Å². The van der Waals surface area contributed by atoms with E-state index in [1.54, 1.807) is 0 Å². The van der Waals surface area contributed by atoms with E-state index in [0.29, 0.717) is 0 Å². The molecule has 10 heavy (non-hydrogen) atoms. The van der Waals surface area contributed by atoms with Crippen LogP contribution in [0.4, 0.5) is 0 Å². The van der Waals surface area contributed by atoms with Gasteiger partial charge in [-0.15, -0.1) is 11.8 Å². The van der Waals surface area contributed by atoms with Crippen LogP contribution in [0.5, 0.6) is 0 Å². The van der Waals surface area contributed by atoms with E-state index in [4.69, 9.17) is 0 Å². The summed E-state index contributed by atoms with van der Waals surface area (Å²) >= 11 is 0. The second-order valence-electron chi connectivity index (χ2n) is 2.80. The van der Waals surface area contributed by atoms with Gasteiger partial charge in [-0.25, -0.2) is 0 Å². The lowest BCUT2D eigenvalue weighted by Gasteiger charge is -1.99. The van der Waals surface area contributed by atoms with E-state index in [0.717, 1.165) is 12.8 Å². The Balaban J connectivity index is 2.18. The zero-order valence-electron chi connectivity index (χ0n) is 6.53. The van der Waals surface area contributed by atoms with Crippen LogP contribution in [0.1, 0.15) is 44.9 Å². The van der Waals surface area contributed by atoms with Gasteiger partial charge in [-0.05, 0) is 19.3 Å². The molecule has 0 heteroatoms. The molecule has 0 aromatic rings. The van der Waals surface area contributed by atoms with E-state index in [2.05, 4.69) is 18.3 Å². The third-order valence-corrected chi connectivity index (χ3v) is 1.83. The van der Waals surface area contributed by atoms with Crippen LogP contribution in [0.3, 0.4) is 0 Å². The summed E-state index contributed by atoms with van der Waals surface area (Å²) in [5, 5.41) is 0. The van der Waals surface area contributed by atoms with Gasteiger partial charge in [0.2, 0.25) is 0 Å². The van der Waals surface area contributed by atoms with Crippen LogP contribution in [-0.4, -0.2) is 0 Å². The summed E-state index contributed by atoms with van der Waals surface area (Å²) in [7, 11) is 0. The summed E-state index contributed by atoms with van der Waals surface area (Å²) in [4.78, 5) is 0. The van der Waals surface area contributed by atoms with E-state index < -0.39 is 0 Å². The maximum atomic E-state index is 3.17. The van der Waals surface area contributed by atoms with E-state index in [1.807, 2.05) is 0 Å². The van der Waals surface area contributed by atoms with Crippen molar-refractivity contribution in [1.29, 1.82) is 0 Å². The van der Waals surface area contributed by atoms with Gasteiger partial charge in [0.1, 0.15) is 0 Å². The molecule has 0 nitrogen and oxygen atoms in total. The summed E-state index contributed by atoms with van der Waals surface area (Å²) in [6, 6.07) is 0. The number of hydrogen-bond acceptors (Lipinski definition) is 0. The normalized spacial score (nSPS) is 20.8. The van der Waals surface area contributed by atoms with Crippen LogP contribution in [0.15, 0.2) is 0 Å². The van der Waals surface area contributed by atoms with Gasteiger partial charge in [0.05, 0.1) is 0 Å². The Kier molecular flexibility index (Phi) is 4.10. The molecule has 0 heterocycles. The fourth-order valence-corrected chi connectivity index (χ4v) is 1.19. The molecule has 0 spiro atoms. The van der Waals surface area contributed by atoms with Gasteiger partial charge >= 0.3 is 0 Å². The Labute approximate surface area is 64.0 Å². The molecule has 0 aromatic heterocycles. The molecule has 0 saturated carbocycles. The first kappa shape index (κ1) is 7.66. The lowest BCUT2D eigenvalue weighted by atomic mass is 10.1. The highest BCUT2D eigenvalue weighted by atomic mass is 14.0. The SMILES string of the molecule is C1#CCCCCCC[CH]C1. The molecule has 0 amide bonds. The second-order valence-corrected chi connectivity index (χ2v) is 2.80. The molecule has 0 atom stereocenters. The van der Waals surface area contributed by atoms with Crippen molar-refractivity contribution in [2.24, 2.45) is 0 Å². The molecule has 0 aromatic carbocycles. The maximum Gasteiger partial charge on any atom is 0.0120 e. The molecular formula is C10H15. The van der Waals surface area contributed by atoms with Crippen molar-refractivity contribution >= 4 is 0 Å². The fraction of sp³-hybridized carbons (Fsp3) is 0.700. The van der Waals surface area contributed by atoms with Crippen molar-refractivity contribution in [1.82, 2.24) is 0 Å². The van der Waals surface area contributed by atoms with E-state index in [9.17, 15) is 0 Å². The first-order valence-corrected chi connectivity index (χ1v) is 4.27. The van der Waals surface area contributed by atoms with E-state index in [-0.39, 0.29) is 0 Å². The second kappa shape index (κ2) is 5.35. The third-order valence-electron chi connectivity index (χ3n) is 1.83. The standard InChI is InChI=1S/C10H15/c1-2-4-6-8-10-9-7-5-3-1/h1H,2-4,6,8-10H2. The summed E-state index contributed by atoms with van der Waals surface area (Å²) in [6.07, 6.45) is 11.2. The Bertz CT molecular complexity index is 111. The van der Waals surface area contributed by atoms with Crippen molar-refractivity contribution in [2.45, 2.75) is 44.9 Å². The highest BCUT2D eigenvalue weighted by Gasteiger charge is 1.91. The zero-order chi connectivity index (χ0) is 7.07. The monoisotopic (exact) mass is 135 g/mol. The van der Waals surface area contributed by atoms with Crippen LogP contribution >= 0.6 is 0 Å². The Hall–Kier alpha value is -0.440. The quantitative estimate of drug-likeness (QED) is 0.448. The van der Waals surface area contributed by atoms with Gasteiger partial charge in [0.15, 0.2) is 0 Å². The topological polar surface area (TPSA) is 0 Å². The van der Waals surface area contributed by atoms with Crippen LogP contribution < -0.4 is 0 Å². The van der Waals surface area contributed by atoms with E-state index >= 15 is 0 Å². The average molecular weight is 135 g/mol. The molecular weight excluding hydrogens is 120 g/mol. The molecule has 0 bridgehead atoms. The minimum atomic E-state index is 1.01. The first-order chi connectivity index (χ1) is 5.00. The van der Waals surface area contributed by atoms with Crippen LogP contribution in [-0.2, 0) is 0 Å². The predicted molar refractivity (Wildman–Crippen MR) is 44.4 cm³/mol. The Morgan fingerprint density at radius 3 is 2.80 bits per heavy atom. The van der Waals surface area contributed by atoms with Gasteiger partial charge in [0.25, 0.3) is 0 Å². The molecule has 0 N–H and O–H groups in total. The molecule has 1 rings (SSSR count). The lowest BCUT2D eigenvalue weighted by molar-refractivity contribution is 0.640. The molecule has 0 aliphatic heterocycles. The van der Waals surface area contributed by atoms with Crippen molar-refractivity contribution < 1.29 is 0 Å². The minimum Gasteiger partial charge on any atom is -0.103 e. The minimum absolute atomic E-state index is 1.01. The van der Waals surface area contributed by atoms with Crippen LogP contribution in [0.25, 0.3) is 0 Å². The van der Waals surface area contributed by atoms with Gasteiger partial charge < -0.3 is 0 Å². The molecule has 1 radical (unpaired) electrons. The van der Waals surface area contributed by atoms with E-state index in [1.165, 1.54) is 32.1 Å². The summed E-state index contributed by atoms with van der Waals surface area (Å²) in [6.45, 7) is 0. The highest BCUT2D eigenvalue weighted by molar-refractivity contribution is 5.02. The Morgan fingerprint density at radius 2 is 1.80 bits per heavy atom. The first-order valence-electron chi connectivity index (χ1n) is 4.27. The van der Waals surface area contributed by atoms with Crippen molar-refractivity contribution in [2.75, 3.05) is 0 Å². The van der Waals surface area contributed by atoms with Crippen molar-refractivity contribution in [3.05, 3.63) is 6.42 Å². The molecule has 0 saturated heterocycles. The molecule has 0 unspecified atom stereocenters. The Morgan fingerprint density at radius 1 is 0.900 bits per heavy atom. The largest absolute Gasteiger partial charge is 0.103 e. The lowest BCUT2D eigenvalue weighted by Crippen LogP contribution is -1.82. The fourth-order valence-electron chi connectivity index (χ4n) is 1.19. The smallest absolute Gasteiger partial charge is 0.0120 e. The zero-order valence-corrected chi connectivity index (χ0v) is 6.53. The van der Waals surface area contributed by atoms with Gasteiger partial charge in [-0.1, -0.05) is 19.3 Å². The van der Waals surface area contributed by atoms with Crippen molar-refractivity contribution in [3.63, 3.8) is 0 Å². The van der Waals surface area contributed by atoms with Crippen LogP contribution in [0.2, 0.25) is 0 Å². The predicted octanol–water partition coefficient (Wildman–Crippen LogP) is 2.94.